The summed E-state index contributed by atoms with van der Waals surface area (Å²) >= 11 is 0. The monoisotopic (exact) mass is 306 g/mol. The molecule has 0 amide bonds. The minimum atomic E-state index is -4.67. The van der Waals surface area contributed by atoms with Crippen molar-refractivity contribution in [1.82, 2.24) is 9.44 Å². The predicted molar refractivity (Wildman–Crippen MR) is 61.6 cm³/mol. The van der Waals surface area contributed by atoms with Crippen molar-refractivity contribution in [3.63, 3.8) is 0 Å². The van der Waals surface area contributed by atoms with Crippen LogP contribution >= 0.6 is 0 Å². The number of hydrogen-bond acceptors (Lipinski definition) is 3. The van der Waals surface area contributed by atoms with Gasteiger partial charge in [-0.25, -0.2) is 4.72 Å². The van der Waals surface area contributed by atoms with Gasteiger partial charge in [-0.1, -0.05) is 13.8 Å². The Morgan fingerprint density at radius 1 is 1.11 bits per heavy atom. The molecule has 0 heterocycles. The van der Waals surface area contributed by atoms with Crippen molar-refractivity contribution in [2.75, 3.05) is 13.1 Å². The van der Waals surface area contributed by atoms with Crippen molar-refractivity contribution in [2.45, 2.75) is 32.9 Å². The fourth-order valence-electron chi connectivity index (χ4n) is 1.34. The highest BCUT2D eigenvalue weighted by atomic mass is 32.2. The van der Waals surface area contributed by atoms with Crippen LogP contribution in [0.5, 0.6) is 0 Å². The van der Waals surface area contributed by atoms with Crippen LogP contribution in [0.2, 0.25) is 0 Å². The Bertz CT molecular complexity index is 404. The van der Waals surface area contributed by atoms with Gasteiger partial charge in [0.25, 0.3) is 10.2 Å². The van der Waals surface area contributed by atoms with Crippen molar-refractivity contribution in [2.24, 2.45) is 5.41 Å². The summed E-state index contributed by atoms with van der Waals surface area (Å²) in [6, 6.07) is 0. The van der Waals surface area contributed by atoms with Gasteiger partial charge in [-0.15, -0.1) is 0 Å². The minimum Gasteiger partial charge on any atom is -0.481 e. The lowest BCUT2D eigenvalue weighted by Gasteiger charge is -2.26. The second kappa shape index (κ2) is 6.53. The molecular formula is C9H17F3N2O4S. The number of halogens is 3. The summed E-state index contributed by atoms with van der Waals surface area (Å²) < 4.78 is 61.3. The molecule has 114 valence electrons. The van der Waals surface area contributed by atoms with E-state index in [2.05, 4.69) is 0 Å². The van der Waals surface area contributed by atoms with Crippen LogP contribution in [-0.2, 0) is 15.0 Å². The lowest BCUT2D eigenvalue weighted by molar-refractivity contribution is -0.149. The third-order valence-electron chi connectivity index (χ3n) is 2.87. The number of rotatable bonds is 8. The van der Waals surface area contributed by atoms with E-state index in [1.165, 1.54) is 4.72 Å². The highest BCUT2D eigenvalue weighted by Crippen LogP contribution is 2.25. The largest absolute Gasteiger partial charge is 0.481 e. The average molecular weight is 306 g/mol. The van der Waals surface area contributed by atoms with Crippen molar-refractivity contribution in [3.05, 3.63) is 0 Å². The Morgan fingerprint density at radius 2 is 1.53 bits per heavy atom. The van der Waals surface area contributed by atoms with Crippen LogP contribution in [0.3, 0.4) is 0 Å². The summed E-state index contributed by atoms with van der Waals surface area (Å²) in [6.07, 6.45) is -4.37. The van der Waals surface area contributed by atoms with Crippen LogP contribution in [0.25, 0.3) is 0 Å². The maximum Gasteiger partial charge on any atom is 0.402 e. The number of nitrogens with one attached hydrogen (secondary N) is 2. The molecule has 0 aliphatic rings. The first-order chi connectivity index (χ1) is 8.48. The molecule has 0 unspecified atom stereocenters. The van der Waals surface area contributed by atoms with E-state index in [-0.39, 0.29) is 12.8 Å². The van der Waals surface area contributed by atoms with Crippen molar-refractivity contribution in [1.29, 1.82) is 0 Å². The van der Waals surface area contributed by atoms with Gasteiger partial charge in [-0.2, -0.15) is 26.3 Å². The van der Waals surface area contributed by atoms with Crippen LogP contribution < -0.4 is 9.44 Å². The van der Waals surface area contributed by atoms with E-state index in [0.29, 0.717) is 0 Å². The molecule has 19 heavy (non-hydrogen) atoms. The first-order valence-corrected chi connectivity index (χ1v) is 7.00. The first-order valence-electron chi connectivity index (χ1n) is 5.52. The molecule has 0 aromatic heterocycles. The van der Waals surface area contributed by atoms with Gasteiger partial charge < -0.3 is 5.11 Å². The summed E-state index contributed by atoms with van der Waals surface area (Å²) in [5.74, 6) is -1.20. The number of carbonyl (C=O) groups is 1. The van der Waals surface area contributed by atoms with Crippen LogP contribution in [0, 0.1) is 5.41 Å². The van der Waals surface area contributed by atoms with E-state index >= 15 is 0 Å². The Morgan fingerprint density at radius 3 is 1.84 bits per heavy atom. The molecule has 0 radical (unpaired) electrons. The van der Waals surface area contributed by atoms with E-state index in [9.17, 15) is 26.4 Å². The zero-order valence-electron chi connectivity index (χ0n) is 10.5. The second-order valence-electron chi connectivity index (χ2n) is 4.05. The average Bonchev–Trinajstić information content (AvgIpc) is 2.27. The highest BCUT2D eigenvalue weighted by molar-refractivity contribution is 7.87. The molecule has 6 nitrogen and oxygen atoms in total. The van der Waals surface area contributed by atoms with Crippen LogP contribution in [0.1, 0.15) is 26.7 Å². The van der Waals surface area contributed by atoms with Crippen LogP contribution in [0.4, 0.5) is 13.2 Å². The van der Waals surface area contributed by atoms with E-state index in [0.717, 1.165) is 0 Å². The van der Waals surface area contributed by atoms with Gasteiger partial charge in [0.05, 0.1) is 5.41 Å². The molecule has 3 N–H and O–H groups in total. The SMILES string of the molecule is CCC(CC)(CNS(=O)(=O)NCC(F)(F)F)C(=O)O. The molecule has 0 aliphatic carbocycles. The van der Waals surface area contributed by atoms with E-state index in [4.69, 9.17) is 5.11 Å². The summed E-state index contributed by atoms with van der Waals surface area (Å²) in [6.45, 7) is 0.952. The van der Waals surface area contributed by atoms with Gasteiger partial charge >= 0.3 is 12.1 Å². The topological polar surface area (TPSA) is 95.5 Å². The maximum atomic E-state index is 11.9. The molecule has 0 saturated heterocycles. The molecule has 0 bridgehead atoms. The molecule has 10 heteroatoms. The third kappa shape index (κ3) is 6.21. The summed E-state index contributed by atoms with van der Waals surface area (Å²) in [4.78, 5) is 11.1. The number of hydrogen-bond donors (Lipinski definition) is 3. The van der Waals surface area contributed by atoms with Crippen LogP contribution in [0.15, 0.2) is 0 Å². The number of carboxylic acid groups (broad SMARTS) is 1. The molecule has 0 fully saturated rings. The number of carboxylic acids is 1. The highest BCUT2D eigenvalue weighted by Gasteiger charge is 2.36. The molecular weight excluding hydrogens is 289 g/mol. The third-order valence-corrected chi connectivity index (χ3v) is 3.92. The van der Waals surface area contributed by atoms with Gasteiger partial charge in [-0.05, 0) is 12.8 Å². The van der Waals surface area contributed by atoms with Crippen molar-refractivity contribution < 1.29 is 31.5 Å². The summed E-state index contributed by atoms with van der Waals surface area (Å²) in [5.41, 5.74) is -1.33. The smallest absolute Gasteiger partial charge is 0.402 e. The Kier molecular flexibility index (Phi) is 6.23. The zero-order valence-corrected chi connectivity index (χ0v) is 11.4. The maximum absolute atomic E-state index is 11.9. The first kappa shape index (κ1) is 18.1. The Hall–Kier alpha value is -0.870. The molecule has 0 aliphatic heterocycles. The zero-order chi connectivity index (χ0) is 15.3. The molecule has 0 saturated carbocycles. The lowest BCUT2D eigenvalue weighted by atomic mass is 9.83. The van der Waals surface area contributed by atoms with E-state index in [1.807, 2.05) is 4.72 Å². The second-order valence-corrected chi connectivity index (χ2v) is 5.64. The molecule has 0 aromatic rings. The van der Waals surface area contributed by atoms with Gasteiger partial charge in [0, 0.05) is 6.54 Å². The van der Waals surface area contributed by atoms with Crippen molar-refractivity contribution >= 4 is 16.2 Å². The number of aliphatic carboxylic acids is 1. The molecule has 0 aromatic carbocycles. The molecule has 0 rings (SSSR count). The quantitative estimate of drug-likeness (QED) is 0.620. The fourth-order valence-corrected chi connectivity index (χ4v) is 2.26. The Balaban J connectivity index is 4.64. The van der Waals surface area contributed by atoms with Crippen molar-refractivity contribution in [3.8, 4) is 0 Å². The summed E-state index contributed by atoms with van der Waals surface area (Å²) in [5, 5.41) is 9.04. The minimum absolute atomic E-state index is 0.153. The molecule has 0 spiro atoms. The Labute approximate surface area is 109 Å². The summed E-state index contributed by atoms with van der Waals surface area (Å²) in [7, 11) is -4.38. The lowest BCUT2D eigenvalue weighted by Crippen LogP contribution is -2.47. The standard InChI is InChI=1S/C9H17F3N2O4S/c1-3-8(4-2,7(15)16)5-13-19(17,18)14-6-9(10,11)12/h13-14H,3-6H2,1-2H3,(H,15,16). The van der Waals surface area contributed by atoms with Gasteiger partial charge in [0.15, 0.2) is 0 Å². The van der Waals surface area contributed by atoms with Gasteiger partial charge in [-0.3, -0.25) is 4.79 Å². The van der Waals surface area contributed by atoms with E-state index in [1.54, 1.807) is 13.8 Å². The normalized spacial score (nSPS) is 13.5. The fraction of sp³-hybridized carbons (Fsp3) is 0.889. The van der Waals surface area contributed by atoms with Gasteiger partial charge in [0.2, 0.25) is 0 Å². The van der Waals surface area contributed by atoms with Crippen LogP contribution in [-0.4, -0.2) is 38.8 Å². The predicted octanol–water partition coefficient (Wildman–Crippen LogP) is 0.864. The number of alkyl halides is 3. The van der Waals surface area contributed by atoms with E-state index < -0.39 is 40.9 Å². The molecule has 0 atom stereocenters. The van der Waals surface area contributed by atoms with Gasteiger partial charge in [0.1, 0.15) is 6.54 Å².